The van der Waals surface area contributed by atoms with Gasteiger partial charge in [0.05, 0.1) is 6.04 Å². The van der Waals surface area contributed by atoms with Crippen LogP contribution in [-0.4, -0.2) is 18.4 Å². The highest BCUT2D eigenvalue weighted by Crippen LogP contribution is 2.21. The molecule has 1 heterocycles. The summed E-state index contributed by atoms with van der Waals surface area (Å²) in [7, 11) is 0. The van der Waals surface area contributed by atoms with Gasteiger partial charge in [0.15, 0.2) is 0 Å². The predicted octanol–water partition coefficient (Wildman–Crippen LogP) is 1.90. The van der Waals surface area contributed by atoms with E-state index < -0.39 is 0 Å². The molecule has 3 nitrogen and oxygen atoms in total. The van der Waals surface area contributed by atoms with E-state index in [9.17, 15) is 0 Å². The van der Waals surface area contributed by atoms with Gasteiger partial charge in [-0.1, -0.05) is 0 Å². The molecular formula is C11H15N3. The number of hydrogen-bond acceptors (Lipinski definition) is 3. The third kappa shape index (κ3) is 1.58. The molecule has 0 radical (unpaired) electrons. The van der Waals surface area contributed by atoms with Gasteiger partial charge in [-0.3, -0.25) is 4.99 Å². The fourth-order valence-corrected chi connectivity index (χ4v) is 1.77. The molecule has 2 N–H and O–H groups in total. The van der Waals surface area contributed by atoms with Crippen LogP contribution < -0.4 is 10.6 Å². The number of aliphatic imine (C=N–C) groups is 1. The summed E-state index contributed by atoms with van der Waals surface area (Å²) < 4.78 is 0. The second-order valence-corrected chi connectivity index (χ2v) is 3.73. The molecule has 74 valence electrons. The van der Waals surface area contributed by atoms with Crippen LogP contribution in [0.3, 0.4) is 0 Å². The molecule has 1 aromatic carbocycles. The van der Waals surface area contributed by atoms with Crippen molar-refractivity contribution in [1.82, 2.24) is 0 Å². The first-order chi connectivity index (χ1) is 6.66. The minimum atomic E-state index is 0.396. The topological polar surface area (TPSA) is 41.6 Å². The van der Waals surface area contributed by atoms with E-state index in [0.717, 1.165) is 18.1 Å². The summed E-state index contributed by atoms with van der Waals surface area (Å²) in [6.45, 7) is 5.14. The lowest BCUT2D eigenvalue weighted by Gasteiger charge is -2.18. The van der Waals surface area contributed by atoms with Crippen LogP contribution in [0.25, 0.3) is 0 Å². The molecule has 1 aliphatic rings. The van der Waals surface area contributed by atoms with Gasteiger partial charge in [-0.25, -0.2) is 0 Å². The number of nitrogens with zero attached hydrogens (tertiary/aromatic N) is 2. The van der Waals surface area contributed by atoms with Gasteiger partial charge in [0.2, 0.25) is 0 Å². The third-order valence-electron chi connectivity index (χ3n) is 2.45. The van der Waals surface area contributed by atoms with E-state index in [2.05, 4.69) is 16.8 Å². The Morgan fingerprint density at radius 1 is 1.36 bits per heavy atom. The minimum Gasteiger partial charge on any atom is -0.399 e. The number of hydrogen-bond donors (Lipinski definition) is 1. The van der Waals surface area contributed by atoms with Crippen molar-refractivity contribution in [3.05, 3.63) is 24.3 Å². The molecule has 0 fully saturated rings. The lowest BCUT2D eigenvalue weighted by molar-refractivity contribution is 0.795. The molecule has 1 aliphatic heterocycles. The van der Waals surface area contributed by atoms with Gasteiger partial charge < -0.3 is 10.6 Å². The van der Waals surface area contributed by atoms with Gasteiger partial charge in [0, 0.05) is 17.9 Å². The van der Waals surface area contributed by atoms with E-state index in [-0.39, 0.29) is 0 Å². The van der Waals surface area contributed by atoms with Crippen molar-refractivity contribution in [1.29, 1.82) is 0 Å². The largest absolute Gasteiger partial charge is 0.399 e. The number of anilines is 2. The van der Waals surface area contributed by atoms with Crippen LogP contribution in [0.1, 0.15) is 13.8 Å². The predicted molar refractivity (Wildman–Crippen MR) is 60.8 cm³/mol. The van der Waals surface area contributed by atoms with Crippen molar-refractivity contribution >= 4 is 17.2 Å². The zero-order valence-electron chi connectivity index (χ0n) is 8.57. The Labute approximate surface area is 84.2 Å². The van der Waals surface area contributed by atoms with E-state index in [0.29, 0.717) is 6.04 Å². The van der Waals surface area contributed by atoms with Gasteiger partial charge in [-0.2, -0.15) is 0 Å². The summed E-state index contributed by atoms with van der Waals surface area (Å²) in [5.41, 5.74) is 7.61. The van der Waals surface area contributed by atoms with Crippen molar-refractivity contribution in [2.24, 2.45) is 4.99 Å². The molecule has 0 spiro atoms. The highest BCUT2D eigenvalue weighted by Gasteiger charge is 2.19. The fourth-order valence-electron chi connectivity index (χ4n) is 1.77. The lowest BCUT2D eigenvalue weighted by atomic mass is 10.2. The molecule has 0 amide bonds. The van der Waals surface area contributed by atoms with Crippen LogP contribution in [0.4, 0.5) is 11.4 Å². The number of benzene rings is 1. The maximum Gasteiger partial charge on any atom is 0.101 e. The molecule has 1 atom stereocenters. The molecule has 3 heteroatoms. The minimum absolute atomic E-state index is 0.396. The third-order valence-corrected chi connectivity index (χ3v) is 2.45. The second kappa shape index (κ2) is 3.33. The molecule has 1 aromatic rings. The highest BCUT2D eigenvalue weighted by molar-refractivity contribution is 5.97. The number of nitrogens with two attached hydrogens (primary N) is 1. The lowest BCUT2D eigenvalue weighted by Crippen LogP contribution is -2.26. The molecule has 14 heavy (non-hydrogen) atoms. The monoisotopic (exact) mass is 189 g/mol. The summed E-state index contributed by atoms with van der Waals surface area (Å²) in [4.78, 5) is 6.69. The summed E-state index contributed by atoms with van der Waals surface area (Å²) in [5, 5.41) is 0. The van der Waals surface area contributed by atoms with E-state index in [1.54, 1.807) is 0 Å². The first-order valence-electron chi connectivity index (χ1n) is 4.84. The van der Waals surface area contributed by atoms with E-state index in [1.807, 2.05) is 31.2 Å². The summed E-state index contributed by atoms with van der Waals surface area (Å²) in [6, 6.07) is 8.31. The van der Waals surface area contributed by atoms with Crippen LogP contribution >= 0.6 is 0 Å². The molecule has 0 bridgehead atoms. The Morgan fingerprint density at radius 3 is 2.50 bits per heavy atom. The Hall–Kier alpha value is -1.51. The molecule has 0 saturated heterocycles. The Balaban J connectivity index is 2.25. The first-order valence-corrected chi connectivity index (χ1v) is 4.84. The standard InChI is InChI=1S/C11H15N3/c1-8-7-14(9(2)13-8)11-5-3-10(12)4-6-11/h3-6,8H,7,12H2,1-2H3. The van der Waals surface area contributed by atoms with Crippen molar-refractivity contribution in [3.63, 3.8) is 0 Å². The highest BCUT2D eigenvalue weighted by atomic mass is 15.2. The fraction of sp³-hybridized carbons (Fsp3) is 0.364. The van der Waals surface area contributed by atoms with E-state index >= 15 is 0 Å². The summed E-state index contributed by atoms with van der Waals surface area (Å²) in [5.74, 6) is 1.09. The smallest absolute Gasteiger partial charge is 0.101 e. The van der Waals surface area contributed by atoms with Crippen molar-refractivity contribution in [2.75, 3.05) is 17.2 Å². The van der Waals surface area contributed by atoms with Gasteiger partial charge in [-0.15, -0.1) is 0 Å². The SMILES string of the molecule is CC1=NC(C)CN1c1ccc(N)cc1. The van der Waals surface area contributed by atoms with E-state index in [4.69, 9.17) is 5.73 Å². The van der Waals surface area contributed by atoms with Crippen molar-refractivity contribution < 1.29 is 0 Å². The summed E-state index contributed by atoms with van der Waals surface area (Å²) >= 11 is 0. The second-order valence-electron chi connectivity index (χ2n) is 3.73. The maximum atomic E-state index is 5.64. The number of rotatable bonds is 1. The quantitative estimate of drug-likeness (QED) is 0.685. The van der Waals surface area contributed by atoms with Crippen molar-refractivity contribution in [2.45, 2.75) is 19.9 Å². The molecule has 1 unspecified atom stereocenters. The zero-order chi connectivity index (χ0) is 10.1. The normalized spacial score (nSPS) is 21.1. The number of amidine groups is 1. The molecule has 0 aliphatic carbocycles. The van der Waals surface area contributed by atoms with E-state index in [1.165, 1.54) is 5.69 Å². The molecule has 0 aromatic heterocycles. The Morgan fingerprint density at radius 2 is 2.00 bits per heavy atom. The van der Waals surface area contributed by atoms with Gasteiger partial charge >= 0.3 is 0 Å². The van der Waals surface area contributed by atoms with Gasteiger partial charge in [0.1, 0.15) is 5.84 Å². The first kappa shape index (κ1) is 9.06. The molecular weight excluding hydrogens is 174 g/mol. The average Bonchev–Trinajstić information content (AvgIpc) is 2.47. The van der Waals surface area contributed by atoms with Crippen LogP contribution in [-0.2, 0) is 0 Å². The average molecular weight is 189 g/mol. The Kier molecular flexibility index (Phi) is 2.15. The van der Waals surface area contributed by atoms with Crippen LogP contribution in [0.15, 0.2) is 29.3 Å². The van der Waals surface area contributed by atoms with Crippen LogP contribution in [0.5, 0.6) is 0 Å². The number of nitrogen functional groups attached to an aromatic ring is 1. The Bertz CT molecular complexity index is 353. The van der Waals surface area contributed by atoms with Gasteiger partial charge in [0.25, 0.3) is 0 Å². The van der Waals surface area contributed by atoms with Crippen LogP contribution in [0, 0.1) is 0 Å². The maximum absolute atomic E-state index is 5.64. The summed E-state index contributed by atoms with van der Waals surface area (Å²) in [6.07, 6.45) is 0. The molecule has 0 saturated carbocycles. The van der Waals surface area contributed by atoms with Gasteiger partial charge in [-0.05, 0) is 38.1 Å². The zero-order valence-corrected chi connectivity index (χ0v) is 8.57. The van der Waals surface area contributed by atoms with Crippen molar-refractivity contribution in [3.8, 4) is 0 Å². The van der Waals surface area contributed by atoms with Crippen LogP contribution in [0.2, 0.25) is 0 Å². The molecule has 2 rings (SSSR count).